The number of hydrogen-bond donors (Lipinski definition) is 2. The zero-order valence-corrected chi connectivity index (χ0v) is 10.0. The Morgan fingerprint density at radius 2 is 2.12 bits per heavy atom. The number of anilines is 1. The van der Waals surface area contributed by atoms with Crippen molar-refractivity contribution in [3.63, 3.8) is 0 Å². The molecule has 1 fully saturated rings. The maximum Gasteiger partial charge on any atom is 0.339 e. The second-order valence-electron chi connectivity index (χ2n) is 4.00. The average molecular weight is 256 g/mol. The van der Waals surface area contributed by atoms with Crippen molar-refractivity contribution < 1.29 is 14.6 Å². The van der Waals surface area contributed by atoms with Crippen LogP contribution in [0.15, 0.2) is 18.2 Å². The Balaban J connectivity index is 2.19. The normalized spacial score (nSPS) is 16.8. The number of carboxylic acids is 1. The Hall–Kier alpha value is -1.26. The first-order valence-electron chi connectivity index (χ1n) is 5.54. The maximum atomic E-state index is 11.1. The highest BCUT2D eigenvalue weighted by Crippen LogP contribution is 2.26. The minimum Gasteiger partial charge on any atom is -0.478 e. The second kappa shape index (κ2) is 5.38. The third-order valence-electron chi connectivity index (χ3n) is 2.81. The highest BCUT2D eigenvalue weighted by Gasteiger charge is 2.18. The van der Waals surface area contributed by atoms with Gasteiger partial charge >= 0.3 is 5.97 Å². The average Bonchev–Trinajstić information content (AvgIpc) is 2.30. The van der Waals surface area contributed by atoms with Gasteiger partial charge < -0.3 is 15.2 Å². The van der Waals surface area contributed by atoms with Gasteiger partial charge in [0.2, 0.25) is 0 Å². The fraction of sp³-hybridized carbons (Fsp3) is 0.417. The molecule has 0 spiro atoms. The second-order valence-corrected chi connectivity index (χ2v) is 4.41. The molecule has 2 N–H and O–H groups in total. The Kier molecular flexibility index (Phi) is 3.86. The van der Waals surface area contributed by atoms with Crippen LogP contribution in [0.1, 0.15) is 23.2 Å². The van der Waals surface area contributed by atoms with E-state index in [9.17, 15) is 4.79 Å². The van der Waals surface area contributed by atoms with Crippen molar-refractivity contribution in [2.24, 2.45) is 0 Å². The molecule has 0 aliphatic carbocycles. The van der Waals surface area contributed by atoms with Gasteiger partial charge in [-0.3, -0.25) is 0 Å². The SMILES string of the molecule is O=C(O)c1c(Cl)cccc1NC1CCOCC1. The molecule has 2 rings (SSSR count). The lowest BCUT2D eigenvalue weighted by atomic mass is 10.1. The minimum absolute atomic E-state index is 0.139. The van der Waals surface area contributed by atoms with E-state index in [2.05, 4.69) is 5.32 Å². The molecule has 0 bridgehead atoms. The summed E-state index contributed by atoms with van der Waals surface area (Å²) in [5.74, 6) is -1.01. The molecule has 4 nitrogen and oxygen atoms in total. The van der Waals surface area contributed by atoms with Crippen LogP contribution in [0.3, 0.4) is 0 Å². The van der Waals surface area contributed by atoms with Crippen molar-refractivity contribution in [2.75, 3.05) is 18.5 Å². The van der Waals surface area contributed by atoms with Crippen LogP contribution in [0.25, 0.3) is 0 Å². The van der Waals surface area contributed by atoms with Gasteiger partial charge in [0.25, 0.3) is 0 Å². The minimum atomic E-state index is -1.01. The molecule has 0 atom stereocenters. The Labute approximate surface area is 105 Å². The first kappa shape index (κ1) is 12.2. The molecule has 1 heterocycles. The van der Waals surface area contributed by atoms with Crippen LogP contribution in [0.2, 0.25) is 5.02 Å². The summed E-state index contributed by atoms with van der Waals surface area (Å²) in [4.78, 5) is 11.1. The van der Waals surface area contributed by atoms with E-state index in [1.807, 2.05) is 0 Å². The van der Waals surface area contributed by atoms with Crippen LogP contribution in [0, 0.1) is 0 Å². The van der Waals surface area contributed by atoms with Gasteiger partial charge in [0, 0.05) is 19.3 Å². The van der Waals surface area contributed by atoms with Gasteiger partial charge in [-0.15, -0.1) is 0 Å². The van der Waals surface area contributed by atoms with E-state index in [0.29, 0.717) is 18.9 Å². The molecule has 0 saturated carbocycles. The smallest absolute Gasteiger partial charge is 0.339 e. The molecule has 92 valence electrons. The number of nitrogens with one attached hydrogen (secondary N) is 1. The molecule has 0 unspecified atom stereocenters. The molecule has 1 aliphatic rings. The summed E-state index contributed by atoms with van der Waals surface area (Å²) in [6.07, 6.45) is 1.76. The molecule has 1 aliphatic heterocycles. The van der Waals surface area contributed by atoms with Gasteiger partial charge in [0.1, 0.15) is 5.56 Å². The summed E-state index contributed by atoms with van der Waals surface area (Å²) in [7, 11) is 0. The van der Waals surface area contributed by atoms with Crippen LogP contribution in [-0.4, -0.2) is 30.3 Å². The van der Waals surface area contributed by atoms with Crippen molar-refractivity contribution in [2.45, 2.75) is 18.9 Å². The van der Waals surface area contributed by atoms with Crippen LogP contribution >= 0.6 is 11.6 Å². The van der Waals surface area contributed by atoms with E-state index in [1.54, 1.807) is 18.2 Å². The van der Waals surface area contributed by atoms with Crippen LogP contribution in [0.4, 0.5) is 5.69 Å². The monoisotopic (exact) mass is 255 g/mol. The maximum absolute atomic E-state index is 11.1. The lowest BCUT2D eigenvalue weighted by Crippen LogP contribution is -2.28. The summed E-state index contributed by atoms with van der Waals surface area (Å²) in [5, 5.41) is 12.6. The molecular formula is C12H14ClNO3. The van der Waals surface area contributed by atoms with Gasteiger partial charge in [0.15, 0.2) is 0 Å². The van der Waals surface area contributed by atoms with E-state index in [1.165, 1.54) is 0 Å². The summed E-state index contributed by atoms with van der Waals surface area (Å²) < 4.78 is 5.26. The summed E-state index contributed by atoms with van der Waals surface area (Å²) in [6, 6.07) is 5.32. The van der Waals surface area contributed by atoms with Crippen molar-refractivity contribution in [1.82, 2.24) is 0 Å². The van der Waals surface area contributed by atoms with Gasteiger partial charge in [-0.25, -0.2) is 4.79 Å². The Bertz CT molecular complexity index is 416. The van der Waals surface area contributed by atoms with Crippen LogP contribution in [-0.2, 0) is 4.74 Å². The third-order valence-corrected chi connectivity index (χ3v) is 3.12. The summed E-state index contributed by atoms with van der Waals surface area (Å²) in [5.41, 5.74) is 0.720. The first-order chi connectivity index (χ1) is 8.18. The van der Waals surface area contributed by atoms with E-state index in [0.717, 1.165) is 12.8 Å². The fourth-order valence-electron chi connectivity index (χ4n) is 1.92. The molecule has 0 radical (unpaired) electrons. The van der Waals surface area contributed by atoms with Crippen molar-refractivity contribution in [3.05, 3.63) is 28.8 Å². The number of halogens is 1. The zero-order valence-electron chi connectivity index (χ0n) is 9.28. The Morgan fingerprint density at radius 3 is 2.76 bits per heavy atom. The predicted molar refractivity (Wildman–Crippen MR) is 65.9 cm³/mol. The molecule has 0 amide bonds. The zero-order chi connectivity index (χ0) is 12.3. The molecule has 1 aromatic carbocycles. The summed E-state index contributed by atoms with van der Waals surface area (Å²) >= 11 is 5.90. The van der Waals surface area contributed by atoms with E-state index in [-0.39, 0.29) is 16.6 Å². The number of carbonyl (C=O) groups is 1. The van der Waals surface area contributed by atoms with Gasteiger partial charge in [-0.05, 0) is 25.0 Å². The molecule has 17 heavy (non-hydrogen) atoms. The van der Waals surface area contributed by atoms with Crippen LogP contribution in [0.5, 0.6) is 0 Å². The molecule has 1 saturated heterocycles. The van der Waals surface area contributed by atoms with Crippen LogP contribution < -0.4 is 5.32 Å². The van der Waals surface area contributed by atoms with Gasteiger partial charge in [-0.2, -0.15) is 0 Å². The molecule has 5 heteroatoms. The standard InChI is InChI=1S/C12H14ClNO3/c13-9-2-1-3-10(11(9)12(15)16)14-8-4-6-17-7-5-8/h1-3,8,14H,4-7H2,(H,15,16). The highest BCUT2D eigenvalue weighted by molar-refractivity contribution is 6.34. The number of benzene rings is 1. The van der Waals surface area contributed by atoms with E-state index in [4.69, 9.17) is 21.4 Å². The molecular weight excluding hydrogens is 242 g/mol. The highest BCUT2D eigenvalue weighted by atomic mass is 35.5. The third kappa shape index (κ3) is 2.90. The predicted octanol–water partition coefficient (Wildman–Crippen LogP) is 2.63. The van der Waals surface area contributed by atoms with E-state index >= 15 is 0 Å². The summed E-state index contributed by atoms with van der Waals surface area (Å²) in [6.45, 7) is 1.42. The van der Waals surface area contributed by atoms with E-state index < -0.39 is 5.97 Å². The topological polar surface area (TPSA) is 58.6 Å². The van der Waals surface area contributed by atoms with Gasteiger partial charge in [-0.1, -0.05) is 17.7 Å². The van der Waals surface area contributed by atoms with Crippen molar-refractivity contribution in [3.8, 4) is 0 Å². The number of carboxylic acid groups (broad SMARTS) is 1. The Morgan fingerprint density at radius 1 is 1.41 bits per heavy atom. The van der Waals surface area contributed by atoms with Gasteiger partial charge in [0.05, 0.1) is 10.7 Å². The number of aromatic carboxylic acids is 1. The fourth-order valence-corrected chi connectivity index (χ4v) is 2.18. The number of rotatable bonds is 3. The molecule has 0 aromatic heterocycles. The molecule has 1 aromatic rings. The largest absolute Gasteiger partial charge is 0.478 e. The quantitative estimate of drug-likeness (QED) is 0.872. The lowest BCUT2D eigenvalue weighted by molar-refractivity contribution is 0.0698. The number of ether oxygens (including phenoxy) is 1. The van der Waals surface area contributed by atoms with Crippen molar-refractivity contribution in [1.29, 1.82) is 0 Å². The first-order valence-corrected chi connectivity index (χ1v) is 5.92. The lowest BCUT2D eigenvalue weighted by Gasteiger charge is -2.25. The number of hydrogen-bond acceptors (Lipinski definition) is 3. The van der Waals surface area contributed by atoms with Crippen molar-refractivity contribution >= 4 is 23.3 Å².